The molecule has 4 rings (SSSR count). The standard InChI is InChI=1S/C16H16F2N6S/c1-3-24-15-13(22-23-24)14(20-16(21-15)25-2)19-12-7-9(12)8-4-5-10(17)11(18)6-8/h4-6,9,12H,3,7H2,1-2H3,(H,19,20,21)/t9-,12+/m0/s1. The summed E-state index contributed by atoms with van der Waals surface area (Å²) in [5.41, 5.74) is 2.09. The fourth-order valence-corrected chi connectivity index (χ4v) is 3.24. The SMILES string of the molecule is CCn1nnc2c(N[C@@H]3C[C@H]3c3ccc(F)c(F)c3)nc(SC)nc21. The van der Waals surface area contributed by atoms with E-state index in [9.17, 15) is 8.78 Å². The van der Waals surface area contributed by atoms with E-state index in [1.807, 2.05) is 13.2 Å². The third-order valence-corrected chi connectivity index (χ3v) is 4.86. The summed E-state index contributed by atoms with van der Waals surface area (Å²) < 4.78 is 28.2. The quantitative estimate of drug-likeness (QED) is 0.555. The van der Waals surface area contributed by atoms with Gasteiger partial charge in [-0.2, -0.15) is 0 Å². The number of anilines is 1. The van der Waals surface area contributed by atoms with Gasteiger partial charge in [0.1, 0.15) is 0 Å². The number of benzene rings is 1. The molecule has 1 aliphatic rings. The van der Waals surface area contributed by atoms with Crippen LogP contribution in [0.2, 0.25) is 0 Å². The predicted molar refractivity (Wildman–Crippen MR) is 91.7 cm³/mol. The molecule has 0 bridgehead atoms. The van der Waals surface area contributed by atoms with Crippen molar-refractivity contribution >= 4 is 28.7 Å². The Labute approximate surface area is 147 Å². The molecule has 1 aliphatic carbocycles. The lowest BCUT2D eigenvalue weighted by molar-refractivity contribution is 0.507. The van der Waals surface area contributed by atoms with Crippen LogP contribution in [0.15, 0.2) is 23.4 Å². The summed E-state index contributed by atoms with van der Waals surface area (Å²) in [6, 6.07) is 4.16. The molecule has 0 aliphatic heterocycles. The van der Waals surface area contributed by atoms with E-state index >= 15 is 0 Å². The minimum atomic E-state index is -0.827. The lowest BCUT2D eigenvalue weighted by Crippen LogP contribution is -2.08. The van der Waals surface area contributed by atoms with Crippen LogP contribution in [0.1, 0.15) is 24.8 Å². The zero-order valence-corrected chi connectivity index (χ0v) is 14.5. The van der Waals surface area contributed by atoms with Gasteiger partial charge in [0.15, 0.2) is 33.8 Å². The van der Waals surface area contributed by atoms with Crippen molar-refractivity contribution in [1.29, 1.82) is 0 Å². The second-order valence-corrected chi connectivity index (χ2v) is 6.68. The molecule has 2 aromatic heterocycles. The van der Waals surface area contributed by atoms with E-state index in [0.29, 0.717) is 28.7 Å². The molecule has 3 aromatic rings. The number of nitrogens with one attached hydrogen (secondary N) is 1. The van der Waals surface area contributed by atoms with Crippen LogP contribution in [0.3, 0.4) is 0 Å². The first-order valence-corrected chi connectivity index (χ1v) is 9.20. The van der Waals surface area contributed by atoms with Crippen LogP contribution in [0.25, 0.3) is 11.2 Å². The summed E-state index contributed by atoms with van der Waals surface area (Å²) >= 11 is 1.45. The first-order valence-electron chi connectivity index (χ1n) is 7.97. The zero-order chi connectivity index (χ0) is 17.6. The van der Waals surface area contributed by atoms with Crippen molar-refractivity contribution in [3.63, 3.8) is 0 Å². The Morgan fingerprint density at radius 3 is 2.84 bits per heavy atom. The van der Waals surface area contributed by atoms with Gasteiger partial charge < -0.3 is 5.32 Å². The number of aromatic nitrogens is 5. The predicted octanol–water partition coefficient (Wildman–Crippen LogP) is 3.21. The van der Waals surface area contributed by atoms with Crippen molar-refractivity contribution in [2.75, 3.05) is 11.6 Å². The Morgan fingerprint density at radius 1 is 1.28 bits per heavy atom. The van der Waals surface area contributed by atoms with Crippen LogP contribution in [0.4, 0.5) is 14.6 Å². The molecule has 0 saturated heterocycles. The van der Waals surface area contributed by atoms with Crippen molar-refractivity contribution in [1.82, 2.24) is 25.0 Å². The number of hydrogen-bond donors (Lipinski definition) is 1. The molecule has 0 amide bonds. The molecule has 1 aromatic carbocycles. The smallest absolute Gasteiger partial charge is 0.191 e. The Balaban J connectivity index is 1.61. The molecule has 0 spiro atoms. The van der Waals surface area contributed by atoms with Crippen LogP contribution in [-0.2, 0) is 6.54 Å². The van der Waals surface area contributed by atoms with Crippen molar-refractivity contribution in [2.24, 2.45) is 0 Å². The number of nitrogens with zero attached hydrogens (tertiary/aromatic N) is 5. The lowest BCUT2D eigenvalue weighted by Gasteiger charge is -2.07. The van der Waals surface area contributed by atoms with E-state index in [0.717, 1.165) is 12.0 Å². The third-order valence-electron chi connectivity index (χ3n) is 4.31. The van der Waals surface area contributed by atoms with Gasteiger partial charge in [0.05, 0.1) is 0 Å². The van der Waals surface area contributed by atoms with Crippen molar-refractivity contribution in [3.8, 4) is 0 Å². The summed E-state index contributed by atoms with van der Waals surface area (Å²) in [5, 5.41) is 12.3. The lowest BCUT2D eigenvalue weighted by atomic mass is 10.1. The van der Waals surface area contributed by atoms with E-state index in [1.165, 1.54) is 23.9 Å². The van der Waals surface area contributed by atoms with E-state index in [1.54, 1.807) is 10.7 Å². The van der Waals surface area contributed by atoms with Crippen molar-refractivity contribution in [2.45, 2.75) is 37.0 Å². The monoisotopic (exact) mass is 362 g/mol. The maximum absolute atomic E-state index is 13.4. The highest BCUT2D eigenvalue weighted by atomic mass is 32.2. The van der Waals surface area contributed by atoms with Crippen LogP contribution >= 0.6 is 11.8 Å². The highest BCUT2D eigenvalue weighted by Crippen LogP contribution is 2.43. The van der Waals surface area contributed by atoms with Crippen LogP contribution in [0, 0.1) is 11.6 Å². The van der Waals surface area contributed by atoms with E-state index in [4.69, 9.17) is 0 Å². The number of halogens is 2. The average Bonchev–Trinajstić information content (AvgIpc) is 3.25. The van der Waals surface area contributed by atoms with Gasteiger partial charge in [-0.25, -0.2) is 23.4 Å². The van der Waals surface area contributed by atoms with Gasteiger partial charge in [0.2, 0.25) is 0 Å². The molecular weight excluding hydrogens is 346 g/mol. The van der Waals surface area contributed by atoms with Gasteiger partial charge in [0, 0.05) is 18.5 Å². The molecule has 25 heavy (non-hydrogen) atoms. The number of thioether (sulfide) groups is 1. The Hall–Kier alpha value is -2.29. The summed E-state index contributed by atoms with van der Waals surface area (Å²) in [6.45, 7) is 2.64. The summed E-state index contributed by atoms with van der Waals surface area (Å²) in [7, 11) is 0. The van der Waals surface area contributed by atoms with Crippen molar-refractivity contribution < 1.29 is 8.78 Å². The molecule has 6 nitrogen and oxygen atoms in total. The Morgan fingerprint density at radius 2 is 2.12 bits per heavy atom. The largest absolute Gasteiger partial charge is 0.365 e. The second kappa shape index (κ2) is 6.21. The van der Waals surface area contributed by atoms with Gasteiger partial charge in [-0.15, -0.1) is 5.10 Å². The van der Waals surface area contributed by atoms with Crippen LogP contribution in [-0.4, -0.2) is 37.3 Å². The third kappa shape index (κ3) is 2.92. The van der Waals surface area contributed by atoms with Crippen LogP contribution in [0.5, 0.6) is 0 Å². The molecule has 9 heteroatoms. The van der Waals surface area contributed by atoms with E-state index in [-0.39, 0.29) is 12.0 Å². The molecule has 1 fully saturated rings. The number of rotatable bonds is 5. The topological polar surface area (TPSA) is 68.5 Å². The molecule has 2 heterocycles. The first kappa shape index (κ1) is 16.2. The van der Waals surface area contributed by atoms with Gasteiger partial charge >= 0.3 is 0 Å². The van der Waals surface area contributed by atoms with Gasteiger partial charge in [0.25, 0.3) is 0 Å². The molecule has 130 valence electrons. The Bertz CT molecular complexity index is 944. The van der Waals surface area contributed by atoms with E-state index in [2.05, 4.69) is 25.6 Å². The molecule has 2 atom stereocenters. The minimum absolute atomic E-state index is 0.101. The van der Waals surface area contributed by atoms with Gasteiger partial charge in [-0.3, -0.25) is 0 Å². The maximum atomic E-state index is 13.4. The van der Waals surface area contributed by atoms with E-state index < -0.39 is 11.6 Å². The second-order valence-electron chi connectivity index (χ2n) is 5.90. The summed E-state index contributed by atoms with van der Waals surface area (Å²) in [6.07, 6.45) is 2.74. The fraction of sp³-hybridized carbons (Fsp3) is 0.375. The first-order chi connectivity index (χ1) is 12.1. The minimum Gasteiger partial charge on any atom is -0.365 e. The highest BCUT2D eigenvalue weighted by Gasteiger charge is 2.39. The van der Waals surface area contributed by atoms with Crippen molar-refractivity contribution in [3.05, 3.63) is 35.4 Å². The van der Waals surface area contributed by atoms with Crippen LogP contribution < -0.4 is 5.32 Å². The molecule has 1 N–H and O–H groups in total. The fourth-order valence-electron chi connectivity index (χ4n) is 2.88. The maximum Gasteiger partial charge on any atom is 0.191 e. The summed E-state index contributed by atoms with van der Waals surface area (Å²) in [5.74, 6) is -0.890. The normalized spacial score (nSPS) is 19.4. The summed E-state index contributed by atoms with van der Waals surface area (Å²) in [4.78, 5) is 8.97. The molecule has 0 unspecified atom stereocenters. The average molecular weight is 362 g/mol. The highest BCUT2D eigenvalue weighted by molar-refractivity contribution is 7.98. The number of hydrogen-bond acceptors (Lipinski definition) is 6. The van der Waals surface area contributed by atoms with Gasteiger partial charge in [-0.1, -0.05) is 23.0 Å². The zero-order valence-electron chi connectivity index (χ0n) is 13.7. The Kier molecular flexibility index (Phi) is 4.03. The molecular formula is C16H16F2N6S. The molecule has 0 radical (unpaired) electrons. The molecule has 1 saturated carbocycles. The number of fused-ring (bicyclic) bond motifs is 1. The van der Waals surface area contributed by atoms with Gasteiger partial charge in [-0.05, 0) is 37.3 Å². The number of aryl methyl sites for hydroxylation is 1.